The Hall–Kier alpha value is -3.10. The second-order valence-corrected chi connectivity index (χ2v) is 9.21. The van der Waals surface area contributed by atoms with E-state index < -0.39 is 11.6 Å². The molecule has 5 aromatic rings. The molecule has 0 aliphatic carbocycles. The highest BCUT2D eigenvalue weighted by atomic mass is 35.5. The van der Waals surface area contributed by atoms with Crippen LogP contribution in [0.15, 0.2) is 48.7 Å². The van der Waals surface area contributed by atoms with Crippen molar-refractivity contribution in [1.82, 2.24) is 19.3 Å². The van der Waals surface area contributed by atoms with E-state index in [2.05, 4.69) is 15.9 Å². The first kappa shape index (κ1) is 22.7. The van der Waals surface area contributed by atoms with Gasteiger partial charge in [0.25, 0.3) is 0 Å². The third-order valence-electron chi connectivity index (χ3n) is 5.95. The summed E-state index contributed by atoms with van der Waals surface area (Å²) in [7, 11) is 3.86. The molecule has 1 N–H and O–H groups in total. The first-order valence-electron chi connectivity index (χ1n) is 10.7. The molecule has 0 atom stereocenters. The molecule has 0 unspecified atom stereocenters. The Kier molecular flexibility index (Phi) is 5.95. The number of fused-ring (bicyclic) bond motifs is 2. The van der Waals surface area contributed by atoms with Crippen LogP contribution in [0.3, 0.4) is 0 Å². The van der Waals surface area contributed by atoms with E-state index in [0.29, 0.717) is 29.2 Å². The summed E-state index contributed by atoms with van der Waals surface area (Å²) in [4.78, 5) is 4.94. The van der Waals surface area contributed by atoms with Gasteiger partial charge < -0.3 is 9.29 Å². The Bertz CT molecular complexity index is 1520. The molecule has 0 aliphatic heterocycles. The lowest BCUT2D eigenvalue weighted by atomic mass is 9.97. The molecule has 3 heterocycles. The fraction of sp³-hybridized carbons (Fsp3) is 0.200. The molecule has 0 radical (unpaired) electrons. The highest BCUT2D eigenvalue weighted by Gasteiger charge is 2.20. The quantitative estimate of drug-likeness (QED) is 0.271. The lowest BCUT2D eigenvalue weighted by molar-refractivity contribution is 0.579. The lowest BCUT2D eigenvalue weighted by Crippen LogP contribution is -2.01. The molecule has 5 rings (SSSR count). The maximum atomic E-state index is 13.7. The number of halogens is 3. The lowest BCUT2D eigenvalue weighted by Gasteiger charge is -2.13. The van der Waals surface area contributed by atoms with Crippen molar-refractivity contribution in [2.24, 2.45) is 14.1 Å². The van der Waals surface area contributed by atoms with Crippen molar-refractivity contribution in [3.63, 3.8) is 0 Å². The summed E-state index contributed by atoms with van der Waals surface area (Å²) in [6.45, 7) is 0. The van der Waals surface area contributed by atoms with Gasteiger partial charge in [-0.05, 0) is 48.7 Å². The molecule has 0 aliphatic rings. The van der Waals surface area contributed by atoms with Gasteiger partial charge in [-0.1, -0.05) is 29.6 Å². The summed E-state index contributed by atoms with van der Waals surface area (Å²) >= 11 is 8.04. The predicted molar refractivity (Wildman–Crippen MR) is 136 cm³/mol. The van der Waals surface area contributed by atoms with Gasteiger partial charge in [0, 0.05) is 49.4 Å². The van der Waals surface area contributed by atoms with Crippen molar-refractivity contribution < 1.29 is 8.78 Å². The van der Waals surface area contributed by atoms with Crippen LogP contribution in [0.2, 0.25) is 5.02 Å². The first-order chi connectivity index (χ1) is 16.4. The summed E-state index contributed by atoms with van der Waals surface area (Å²) in [5.74, 6) is -0.462. The fourth-order valence-electron chi connectivity index (χ4n) is 4.43. The topological polar surface area (TPSA) is 47.7 Å². The molecule has 0 saturated carbocycles. The SMILES string of the molecule is CSNc1nn(C)c2c(-c3cc4c(ccn4C)nc3CCc3cc(F)cc(F)c3)ccc(Cl)c12. The van der Waals surface area contributed by atoms with E-state index in [1.54, 1.807) is 0 Å². The molecule has 0 amide bonds. The number of hydrogen-bond acceptors (Lipinski definition) is 4. The normalized spacial score (nSPS) is 11.6. The van der Waals surface area contributed by atoms with E-state index in [1.165, 1.54) is 24.1 Å². The predicted octanol–water partition coefficient (Wildman–Crippen LogP) is 6.53. The molecule has 0 saturated heterocycles. The third kappa shape index (κ3) is 4.01. The second-order valence-electron chi connectivity index (χ2n) is 8.19. The van der Waals surface area contributed by atoms with Crippen molar-refractivity contribution in [3.8, 4) is 11.1 Å². The Morgan fingerprint density at radius 1 is 1.00 bits per heavy atom. The van der Waals surface area contributed by atoms with Gasteiger partial charge in [0.2, 0.25) is 0 Å². The van der Waals surface area contributed by atoms with Gasteiger partial charge in [0.1, 0.15) is 11.6 Å². The highest BCUT2D eigenvalue weighted by Crippen LogP contribution is 2.39. The van der Waals surface area contributed by atoms with Gasteiger partial charge in [-0.15, -0.1) is 0 Å². The number of hydrogen-bond donors (Lipinski definition) is 1. The Morgan fingerprint density at radius 3 is 2.50 bits per heavy atom. The van der Waals surface area contributed by atoms with Crippen LogP contribution in [0.1, 0.15) is 11.3 Å². The van der Waals surface area contributed by atoms with E-state index in [0.717, 1.165) is 44.8 Å². The van der Waals surface area contributed by atoms with Gasteiger partial charge in [-0.2, -0.15) is 5.10 Å². The van der Waals surface area contributed by atoms with E-state index >= 15 is 0 Å². The standard InChI is InChI=1S/C25H22ClF2N5S/c1-32-9-8-21-22(32)13-18(20(29-21)7-4-14-10-15(27)12-16(28)11-14)17-5-6-19(26)23-24(17)33(2)30-25(23)31-34-3/h5-6,8-13H,4,7H2,1-3H3,(H,30,31). The molecule has 0 bridgehead atoms. The molecule has 3 aromatic heterocycles. The number of rotatable bonds is 6. The molecular weight excluding hydrogens is 476 g/mol. The smallest absolute Gasteiger partial charge is 0.167 e. The molecule has 2 aromatic carbocycles. The number of nitrogens with one attached hydrogen (secondary N) is 1. The van der Waals surface area contributed by atoms with Gasteiger partial charge in [-0.25, -0.2) is 8.78 Å². The van der Waals surface area contributed by atoms with Crippen molar-refractivity contribution in [3.05, 3.63) is 76.6 Å². The Morgan fingerprint density at radius 2 is 1.76 bits per heavy atom. The van der Waals surface area contributed by atoms with E-state index in [9.17, 15) is 8.78 Å². The zero-order chi connectivity index (χ0) is 24.0. The molecule has 34 heavy (non-hydrogen) atoms. The van der Waals surface area contributed by atoms with Crippen LogP contribution in [0, 0.1) is 11.6 Å². The largest absolute Gasteiger partial charge is 0.349 e. The van der Waals surface area contributed by atoms with Crippen molar-refractivity contribution in [2.75, 3.05) is 11.0 Å². The highest BCUT2D eigenvalue weighted by molar-refractivity contribution is 7.99. The maximum absolute atomic E-state index is 13.7. The number of pyridine rings is 1. The van der Waals surface area contributed by atoms with Crippen LogP contribution >= 0.6 is 23.5 Å². The summed E-state index contributed by atoms with van der Waals surface area (Å²) in [5, 5.41) is 6.07. The minimum absolute atomic E-state index is 0.453. The van der Waals surface area contributed by atoms with Crippen LogP contribution in [0.5, 0.6) is 0 Å². The molecule has 0 spiro atoms. The summed E-state index contributed by atoms with van der Waals surface area (Å²) in [6, 6.07) is 11.5. The zero-order valence-corrected chi connectivity index (χ0v) is 20.4. The average Bonchev–Trinajstić information content (AvgIpc) is 3.32. The minimum Gasteiger partial charge on any atom is -0.349 e. The second kappa shape index (κ2) is 8.92. The number of aromatic nitrogens is 4. The Balaban J connectivity index is 1.69. The van der Waals surface area contributed by atoms with Crippen LogP contribution in [0.4, 0.5) is 14.6 Å². The third-order valence-corrected chi connectivity index (χ3v) is 6.66. The number of nitrogens with zero attached hydrogens (tertiary/aromatic N) is 4. The van der Waals surface area contributed by atoms with Crippen LogP contribution in [0.25, 0.3) is 33.1 Å². The van der Waals surface area contributed by atoms with E-state index in [-0.39, 0.29) is 0 Å². The Labute approximate surface area is 204 Å². The van der Waals surface area contributed by atoms with Crippen LogP contribution < -0.4 is 4.72 Å². The average molecular weight is 498 g/mol. The van der Waals surface area contributed by atoms with Crippen LogP contribution in [-0.4, -0.2) is 25.6 Å². The minimum atomic E-state index is -0.579. The maximum Gasteiger partial charge on any atom is 0.167 e. The number of aryl methyl sites for hydroxylation is 4. The summed E-state index contributed by atoms with van der Waals surface area (Å²) in [5.41, 5.74) is 6.05. The zero-order valence-electron chi connectivity index (χ0n) is 18.9. The summed E-state index contributed by atoms with van der Waals surface area (Å²) in [6.07, 6.45) is 4.86. The molecule has 174 valence electrons. The van der Waals surface area contributed by atoms with E-state index in [1.807, 2.05) is 54.0 Å². The molecule has 9 heteroatoms. The monoisotopic (exact) mass is 497 g/mol. The number of anilines is 1. The molecular formula is C25H22ClF2N5S. The van der Waals surface area contributed by atoms with Crippen molar-refractivity contribution in [1.29, 1.82) is 0 Å². The van der Waals surface area contributed by atoms with Crippen molar-refractivity contribution in [2.45, 2.75) is 12.8 Å². The van der Waals surface area contributed by atoms with Crippen LogP contribution in [-0.2, 0) is 26.9 Å². The summed E-state index contributed by atoms with van der Waals surface area (Å²) < 4.78 is 34.5. The molecule has 5 nitrogen and oxygen atoms in total. The van der Waals surface area contributed by atoms with Gasteiger partial charge in [-0.3, -0.25) is 9.67 Å². The first-order valence-corrected chi connectivity index (χ1v) is 12.3. The van der Waals surface area contributed by atoms with Crippen molar-refractivity contribution >= 4 is 51.3 Å². The number of benzene rings is 2. The fourth-order valence-corrected chi connectivity index (χ4v) is 5.01. The van der Waals surface area contributed by atoms with Gasteiger partial charge in [0.05, 0.1) is 27.0 Å². The van der Waals surface area contributed by atoms with Gasteiger partial charge >= 0.3 is 0 Å². The van der Waals surface area contributed by atoms with Gasteiger partial charge in [0.15, 0.2) is 5.82 Å². The van der Waals surface area contributed by atoms with E-state index in [4.69, 9.17) is 16.6 Å². The molecule has 0 fully saturated rings.